The lowest BCUT2D eigenvalue weighted by molar-refractivity contribution is 0.0686. The SMILES string of the molecule is CNS(=O)(=O)c1cccc(-c2cc3c(c(C(=O)O)c2)OCCO3)c1. The maximum atomic E-state index is 11.9. The van der Waals surface area contributed by atoms with Crippen molar-refractivity contribution < 1.29 is 27.8 Å². The van der Waals surface area contributed by atoms with Gasteiger partial charge >= 0.3 is 5.97 Å². The molecule has 0 amide bonds. The maximum Gasteiger partial charge on any atom is 0.339 e. The van der Waals surface area contributed by atoms with Crippen molar-refractivity contribution in [3.05, 3.63) is 42.0 Å². The highest BCUT2D eigenvalue weighted by molar-refractivity contribution is 7.89. The van der Waals surface area contributed by atoms with Crippen molar-refractivity contribution in [3.8, 4) is 22.6 Å². The zero-order valence-electron chi connectivity index (χ0n) is 12.8. The summed E-state index contributed by atoms with van der Waals surface area (Å²) in [6.07, 6.45) is 0. The first-order chi connectivity index (χ1) is 11.4. The van der Waals surface area contributed by atoms with Crippen LogP contribution in [0.4, 0.5) is 0 Å². The Morgan fingerprint density at radius 3 is 2.58 bits per heavy atom. The zero-order chi connectivity index (χ0) is 17.3. The van der Waals surface area contributed by atoms with Gasteiger partial charge in [-0.3, -0.25) is 0 Å². The molecule has 2 N–H and O–H groups in total. The van der Waals surface area contributed by atoms with Gasteiger partial charge in [-0.05, 0) is 42.4 Å². The van der Waals surface area contributed by atoms with Gasteiger partial charge in [0.05, 0.1) is 4.90 Å². The van der Waals surface area contributed by atoms with Gasteiger partial charge in [-0.15, -0.1) is 0 Å². The van der Waals surface area contributed by atoms with Crippen LogP contribution in [0.25, 0.3) is 11.1 Å². The molecule has 0 aliphatic carbocycles. The van der Waals surface area contributed by atoms with E-state index in [-0.39, 0.29) is 22.8 Å². The molecule has 2 aromatic carbocycles. The van der Waals surface area contributed by atoms with Crippen LogP contribution in [0.1, 0.15) is 10.4 Å². The molecular weight excluding hydrogens is 334 g/mol. The number of hydrogen-bond donors (Lipinski definition) is 2. The minimum Gasteiger partial charge on any atom is -0.486 e. The standard InChI is InChI=1S/C16H15NO6S/c1-17-24(20,21)12-4-2-3-10(7-12)11-8-13(16(18)19)15-14(9-11)22-5-6-23-15/h2-4,7-9,17H,5-6H2,1H3,(H,18,19). The first-order valence-corrected chi connectivity index (χ1v) is 8.61. The molecule has 3 rings (SSSR count). The quantitative estimate of drug-likeness (QED) is 0.872. The number of nitrogens with one attached hydrogen (secondary N) is 1. The molecule has 0 bridgehead atoms. The highest BCUT2D eigenvalue weighted by Crippen LogP contribution is 2.38. The second kappa shape index (κ2) is 6.14. The van der Waals surface area contributed by atoms with Crippen LogP contribution in [0.3, 0.4) is 0 Å². The van der Waals surface area contributed by atoms with E-state index in [1.54, 1.807) is 18.2 Å². The van der Waals surface area contributed by atoms with Gasteiger partial charge in [0, 0.05) is 0 Å². The molecule has 0 radical (unpaired) electrons. The number of rotatable bonds is 4. The van der Waals surface area contributed by atoms with E-state index in [2.05, 4.69) is 4.72 Å². The van der Waals surface area contributed by atoms with Crippen molar-refractivity contribution in [2.24, 2.45) is 0 Å². The maximum absolute atomic E-state index is 11.9. The fraction of sp³-hybridized carbons (Fsp3) is 0.188. The number of carboxylic acid groups (broad SMARTS) is 1. The summed E-state index contributed by atoms with van der Waals surface area (Å²) >= 11 is 0. The molecule has 2 aromatic rings. The second-order valence-corrected chi connectivity index (χ2v) is 6.98. The van der Waals surface area contributed by atoms with Crippen LogP contribution in [-0.4, -0.2) is 39.8 Å². The second-order valence-electron chi connectivity index (χ2n) is 5.09. The number of benzene rings is 2. The van der Waals surface area contributed by atoms with Crippen LogP contribution in [0, 0.1) is 0 Å². The Morgan fingerprint density at radius 2 is 1.88 bits per heavy atom. The Kier molecular flexibility index (Phi) is 4.16. The summed E-state index contributed by atoms with van der Waals surface area (Å²) in [5, 5.41) is 9.39. The summed E-state index contributed by atoms with van der Waals surface area (Å²) in [7, 11) is -2.27. The number of fused-ring (bicyclic) bond motifs is 1. The van der Waals surface area contributed by atoms with Crippen molar-refractivity contribution in [2.45, 2.75) is 4.90 Å². The lowest BCUT2D eigenvalue weighted by atomic mass is 10.0. The number of aromatic carboxylic acids is 1. The van der Waals surface area contributed by atoms with Gasteiger partial charge < -0.3 is 14.6 Å². The first-order valence-electron chi connectivity index (χ1n) is 7.13. The highest BCUT2D eigenvalue weighted by atomic mass is 32.2. The van der Waals surface area contributed by atoms with E-state index in [1.165, 1.54) is 25.2 Å². The molecule has 126 valence electrons. The van der Waals surface area contributed by atoms with E-state index < -0.39 is 16.0 Å². The number of hydrogen-bond acceptors (Lipinski definition) is 5. The largest absolute Gasteiger partial charge is 0.486 e. The third-order valence-corrected chi connectivity index (χ3v) is 5.03. The predicted molar refractivity (Wildman–Crippen MR) is 86.1 cm³/mol. The van der Waals surface area contributed by atoms with E-state index >= 15 is 0 Å². The lowest BCUT2D eigenvalue weighted by Gasteiger charge is -2.21. The van der Waals surface area contributed by atoms with Crippen LogP contribution in [0.15, 0.2) is 41.3 Å². The molecule has 0 saturated heterocycles. The van der Waals surface area contributed by atoms with Crippen LogP contribution < -0.4 is 14.2 Å². The van der Waals surface area contributed by atoms with E-state index in [0.717, 1.165) is 0 Å². The fourth-order valence-corrected chi connectivity index (χ4v) is 3.22. The van der Waals surface area contributed by atoms with Crippen molar-refractivity contribution in [1.29, 1.82) is 0 Å². The Hall–Kier alpha value is -2.58. The van der Waals surface area contributed by atoms with E-state index in [0.29, 0.717) is 23.5 Å². The van der Waals surface area contributed by atoms with Crippen molar-refractivity contribution in [3.63, 3.8) is 0 Å². The molecule has 0 atom stereocenters. The first kappa shape index (κ1) is 16.3. The van der Waals surface area contributed by atoms with E-state index in [4.69, 9.17) is 9.47 Å². The highest BCUT2D eigenvalue weighted by Gasteiger charge is 2.22. The van der Waals surface area contributed by atoms with Gasteiger partial charge in [-0.2, -0.15) is 0 Å². The molecule has 0 fully saturated rings. The van der Waals surface area contributed by atoms with Crippen LogP contribution in [-0.2, 0) is 10.0 Å². The van der Waals surface area contributed by atoms with Gasteiger partial charge in [0.1, 0.15) is 18.8 Å². The minimum absolute atomic E-state index is 0.0240. The molecule has 24 heavy (non-hydrogen) atoms. The van der Waals surface area contributed by atoms with Gasteiger partial charge in [0.15, 0.2) is 11.5 Å². The van der Waals surface area contributed by atoms with E-state index in [9.17, 15) is 18.3 Å². The molecule has 1 heterocycles. The van der Waals surface area contributed by atoms with Gasteiger partial charge in [0.25, 0.3) is 0 Å². The smallest absolute Gasteiger partial charge is 0.339 e. The Morgan fingerprint density at radius 1 is 1.12 bits per heavy atom. The van der Waals surface area contributed by atoms with Crippen molar-refractivity contribution in [2.75, 3.05) is 20.3 Å². The number of carboxylic acids is 1. The predicted octanol–water partition coefficient (Wildman–Crippen LogP) is 1.73. The average Bonchev–Trinajstić information content (AvgIpc) is 2.60. The molecule has 0 aromatic heterocycles. The minimum atomic E-state index is -3.59. The molecule has 0 unspecified atom stereocenters. The third kappa shape index (κ3) is 2.93. The van der Waals surface area contributed by atoms with Gasteiger partial charge in [-0.1, -0.05) is 12.1 Å². The molecule has 8 heteroatoms. The normalized spacial score (nSPS) is 13.5. The van der Waals surface area contributed by atoms with Crippen molar-refractivity contribution in [1.82, 2.24) is 4.72 Å². The van der Waals surface area contributed by atoms with Gasteiger partial charge in [-0.25, -0.2) is 17.9 Å². The summed E-state index contributed by atoms with van der Waals surface area (Å²) < 4.78 is 37.0. The molecule has 0 saturated carbocycles. The number of carbonyl (C=O) groups is 1. The number of sulfonamides is 1. The van der Waals surface area contributed by atoms with Gasteiger partial charge in [0.2, 0.25) is 10.0 Å². The monoisotopic (exact) mass is 349 g/mol. The summed E-state index contributed by atoms with van der Waals surface area (Å²) in [6, 6.07) is 9.32. The molecule has 1 aliphatic heterocycles. The molecule has 7 nitrogen and oxygen atoms in total. The van der Waals surface area contributed by atoms with Crippen LogP contribution in [0.2, 0.25) is 0 Å². The van der Waals surface area contributed by atoms with Crippen LogP contribution >= 0.6 is 0 Å². The molecule has 0 spiro atoms. The average molecular weight is 349 g/mol. The summed E-state index contributed by atoms with van der Waals surface area (Å²) in [4.78, 5) is 11.6. The third-order valence-electron chi connectivity index (χ3n) is 3.62. The molecule has 1 aliphatic rings. The Labute approximate surface area is 138 Å². The van der Waals surface area contributed by atoms with Crippen LogP contribution in [0.5, 0.6) is 11.5 Å². The summed E-state index contributed by atoms with van der Waals surface area (Å²) in [6.45, 7) is 0.603. The molecular formula is C16H15NO6S. The fourth-order valence-electron chi connectivity index (χ4n) is 2.44. The van der Waals surface area contributed by atoms with E-state index in [1.807, 2.05) is 0 Å². The number of ether oxygens (including phenoxy) is 2. The van der Waals surface area contributed by atoms with Crippen molar-refractivity contribution >= 4 is 16.0 Å². The Bertz CT molecular complexity index is 907. The summed E-state index contributed by atoms with van der Waals surface area (Å²) in [5.41, 5.74) is 1.07. The Balaban J connectivity index is 2.15. The topological polar surface area (TPSA) is 102 Å². The lowest BCUT2D eigenvalue weighted by Crippen LogP contribution is -2.18. The zero-order valence-corrected chi connectivity index (χ0v) is 13.6. The summed E-state index contributed by atoms with van der Waals surface area (Å²) in [5.74, 6) is -0.618.